The summed E-state index contributed by atoms with van der Waals surface area (Å²) in [6.45, 7) is 16.2. The molecule has 9 rings (SSSR count). The number of carbonyl (C=O) groups is 3. The molecule has 0 radical (unpaired) electrons. The molecule has 338 valence electrons. The Hall–Kier alpha value is -4.31. The van der Waals surface area contributed by atoms with Gasteiger partial charge in [-0.15, -0.1) is 0 Å². The molecule has 3 fully saturated rings. The van der Waals surface area contributed by atoms with Crippen LogP contribution in [0, 0.1) is 46.3 Å². The van der Waals surface area contributed by atoms with Crippen LogP contribution in [0.25, 0.3) is 22.3 Å². The molecule has 0 spiro atoms. The maximum absolute atomic E-state index is 13.7. The Kier molecular flexibility index (Phi) is 11.6. The van der Waals surface area contributed by atoms with Crippen molar-refractivity contribution >= 4 is 28.8 Å². The first-order chi connectivity index (χ1) is 30.1. The van der Waals surface area contributed by atoms with Gasteiger partial charge in [0, 0.05) is 22.9 Å². The van der Waals surface area contributed by atoms with E-state index in [1.165, 1.54) is 50.5 Å². The van der Waals surface area contributed by atoms with E-state index >= 15 is 0 Å². The van der Waals surface area contributed by atoms with Crippen molar-refractivity contribution < 1.29 is 33.7 Å². The van der Waals surface area contributed by atoms with E-state index in [1.54, 1.807) is 35.8 Å². The molecule has 0 bridgehead atoms. The summed E-state index contributed by atoms with van der Waals surface area (Å²) in [6, 6.07) is 6.99. The van der Waals surface area contributed by atoms with Crippen LogP contribution < -0.4 is 10.3 Å². The number of benzene rings is 1. The SMILES string of the molecule is CCc1c2c(nc3ccc(OC(=O)CCC(=O)O[C@H]4CC[C@@]5(C)C(=CCC6[C@@H]7CC[C@H]([C@H](C)CCCC(C)C)[C@@]7(C)CC[C@@H]65)C4)cc13)-c1cc3c(c(=O)n1C2)COC(=O)[C@]3(O)CC. The van der Waals surface area contributed by atoms with Gasteiger partial charge in [0.2, 0.25) is 0 Å². The first kappa shape index (κ1) is 43.9. The van der Waals surface area contributed by atoms with Crippen molar-refractivity contribution in [2.45, 2.75) is 170 Å². The summed E-state index contributed by atoms with van der Waals surface area (Å²) < 4.78 is 18.7. The van der Waals surface area contributed by atoms with Gasteiger partial charge in [0.1, 0.15) is 18.5 Å². The van der Waals surface area contributed by atoms with Crippen molar-refractivity contribution in [3.63, 3.8) is 0 Å². The molecule has 0 saturated heterocycles. The number of rotatable bonds is 12. The van der Waals surface area contributed by atoms with Gasteiger partial charge in [-0.3, -0.25) is 14.4 Å². The van der Waals surface area contributed by atoms with Crippen LogP contribution >= 0.6 is 0 Å². The summed E-state index contributed by atoms with van der Waals surface area (Å²) in [5.41, 5.74) is 4.14. The second-order valence-electron chi connectivity index (χ2n) is 21.2. The highest BCUT2D eigenvalue weighted by Gasteiger charge is 2.59. The van der Waals surface area contributed by atoms with Gasteiger partial charge in [-0.2, -0.15) is 0 Å². The number of fused-ring (bicyclic) bond motifs is 10. The molecule has 4 heterocycles. The van der Waals surface area contributed by atoms with Gasteiger partial charge < -0.3 is 23.9 Å². The normalized spacial score (nSPS) is 30.9. The van der Waals surface area contributed by atoms with Gasteiger partial charge in [-0.1, -0.05) is 79.4 Å². The molecule has 1 N–H and O–H groups in total. The summed E-state index contributed by atoms with van der Waals surface area (Å²) in [4.78, 5) is 57.6. The largest absolute Gasteiger partial charge is 0.462 e. The highest BCUT2D eigenvalue weighted by atomic mass is 16.6. The molecule has 10 heteroatoms. The average Bonchev–Trinajstić information content (AvgIpc) is 3.81. The second kappa shape index (κ2) is 16.6. The zero-order chi connectivity index (χ0) is 44.6. The standard InChI is InChI=1S/C53H68N2O8/c1-8-35-37-26-33(14-18-44(37)54-48-38(35)28-55-45(48)27-43-39(49(55)58)29-61-50(59)53(43,60)9-2)62-46(56)19-20-47(57)63-34-21-23-51(6)32(25-34)13-15-36-41-17-16-40(31(5)12-10-11-30(3)4)52(41,7)24-22-42(36)51/h13-14,18,26-27,30-31,34,36,40-42,60H,8-12,15-17,19-25,28-29H2,1-7H3/t31-,34+,36?,40-,41+,42+,51+,52-,53+/m1/s1. The molecular formula is C53H68N2O8. The van der Waals surface area contributed by atoms with Crippen molar-refractivity contribution in [2.24, 2.45) is 46.3 Å². The van der Waals surface area contributed by atoms with Crippen LogP contribution in [0.15, 0.2) is 40.7 Å². The van der Waals surface area contributed by atoms with E-state index in [0.29, 0.717) is 40.4 Å². The molecule has 63 heavy (non-hydrogen) atoms. The number of esters is 3. The van der Waals surface area contributed by atoms with Crippen LogP contribution in [-0.2, 0) is 49.0 Å². The quantitative estimate of drug-likeness (QED) is 0.0839. The molecule has 3 aromatic rings. The van der Waals surface area contributed by atoms with Crippen molar-refractivity contribution in [3.05, 3.63) is 68.5 Å². The summed E-state index contributed by atoms with van der Waals surface area (Å²) in [6.07, 6.45) is 16.3. The second-order valence-corrected chi connectivity index (χ2v) is 21.2. The number of aliphatic hydroxyl groups is 1. The van der Waals surface area contributed by atoms with Crippen molar-refractivity contribution in [1.29, 1.82) is 0 Å². The average molecular weight is 861 g/mol. The highest BCUT2D eigenvalue weighted by Crippen LogP contribution is 2.67. The first-order valence-electron chi connectivity index (χ1n) is 24.3. The first-order valence-corrected chi connectivity index (χ1v) is 24.3. The third-order valence-electron chi connectivity index (χ3n) is 17.5. The fourth-order valence-corrected chi connectivity index (χ4v) is 14.0. The molecule has 10 nitrogen and oxygen atoms in total. The molecule has 1 unspecified atom stereocenters. The highest BCUT2D eigenvalue weighted by molar-refractivity contribution is 5.90. The van der Waals surface area contributed by atoms with E-state index in [1.807, 2.05) is 6.92 Å². The lowest BCUT2D eigenvalue weighted by Gasteiger charge is -2.58. The molecule has 6 aliphatic rings. The lowest BCUT2D eigenvalue weighted by atomic mass is 9.47. The van der Waals surface area contributed by atoms with E-state index in [-0.39, 0.29) is 66.6 Å². The van der Waals surface area contributed by atoms with Gasteiger partial charge >= 0.3 is 17.9 Å². The minimum Gasteiger partial charge on any atom is -0.462 e. The Balaban J connectivity index is 0.813. The van der Waals surface area contributed by atoms with Crippen LogP contribution in [0.1, 0.15) is 161 Å². The molecular weight excluding hydrogens is 793 g/mol. The lowest BCUT2D eigenvalue weighted by molar-refractivity contribution is -0.172. The predicted molar refractivity (Wildman–Crippen MR) is 242 cm³/mol. The topological polar surface area (TPSA) is 134 Å². The predicted octanol–water partition coefficient (Wildman–Crippen LogP) is 10.3. The van der Waals surface area contributed by atoms with Gasteiger partial charge in [-0.25, -0.2) is 9.78 Å². The van der Waals surface area contributed by atoms with Crippen molar-refractivity contribution in [3.8, 4) is 17.1 Å². The van der Waals surface area contributed by atoms with Gasteiger partial charge in [0.25, 0.3) is 5.56 Å². The molecule has 1 aromatic carbocycles. The maximum atomic E-state index is 13.7. The smallest absolute Gasteiger partial charge is 0.343 e. The van der Waals surface area contributed by atoms with Gasteiger partial charge in [-0.05, 0) is 134 Å². The Morgan fingerprint density at radius 1 is 0.968 bits per heavy atom. The Morgan fingerprint density at radius 2 is 1.76 bits per heavy atom. The fourth-order valence-electron chi connectivity index (χ4n) is 14.0. The van der Waals surface area contributed by atoms with E-state index in [2.05, 4.69) is 40.7 Å². The minimum atomic E-state index is -1.90. The number of ether oxygens (including phenoxy) is 3. The molecule has 2 aliphatic heterocycles. The van der Waals surface area contributed by atoms with Gasteiger partial charge in [0.15, 0.2) is 5.60 Å². The number of hydrogen-bond acceptors (Lipinski definition) is 9. The fraction of sp³-hybridized carbons (Fsp3) is 0.642. The Morgan fingerprint density at radius 3 is 2.52 bits per heavy atom. The molecule has 4 aliphatic carbocycles. The van der Waals surface area contributed by atoms with E-state index < -0.39 is 17.5 Å². The number of carbonyl (C=O) groups excluding carboxylic acids is 3. The number of cyclic esters (lactones) is 1. The summed E-state index contributed by atoms with van der Waals surface area (Å²) in [5, 5.41) is 12.1. The number of hydrogen-bond donors (Lipinski definition) is 1. The Labute approximate surface area is 372 Å². The van der Waals surface area contributed by atoms with E-state index in [0.717, 1.165) is 71.8 Å². The third kappa shape index (κ3) is 7.38. The number of aromatic nitrogens is 2. The molecule has 9 atom stereocenters. The zero-order valence-electron chi connectivity index (χ0n) is 38.6. The van der Waals surface area contributed by atoms with Crippen molar-refractivity contribution in [2.75, 3.05) is 0 Å². The van der Waals surface area contributed by atoms with Crippen LogP contribution in [0.4, 0.5) is 0 Å². The number of nitrogens with zero attached hydrogens (tertiary/aromatic N) is 2. The monoisotopic (exact) mass is 860 g/mol. The molecule has 3 saturated carbocycles. The number of allylic oxidation sites excluding steroid dienone is 1. The molecule has 0 amide bonds. The Bertz CT molecular complexity index is 2430. The van der Waals surface area contributed by atoms with Crippen LogP contribution in [0.3, 0.4) is 0 Å². The zero-order valence-corrected chi connectivity index (χ0v) is 38.6. The number of aryl methyl sites for hydroxylation is 1. The summed E-state index contributed by atoms with van der Waals surface area (Å²) in [7, 11) is 0. The summed E-state index contributed by atoms with van der Waals surface area (Å²) in [5.74, 6) is 3.43. The van der Waals surface area contributed by atoms with E-state index in [9.17, 15) is 24.3 Å². The third-order valence-corrected chi connectivity index (χ3v) is 17.5. The van der Waals surface area contributed by atoms with E-state index in [4.69, 9.17) is 19.2 Å². The number of pyridine rings is 2. The lowest BCUT2D eigenvalue weighted by Crippen LogP contribution is -2.51. The van der Waals surface area contributed by atoms with Crippen LogP contribution in [0.2, 0.25) is 0 Å². The molecule has 2 aromatic heterocycles. The van der Waals surface area contributed by atoms with Crippen molar-refractivity contribution in [1.82, 2.24) is 9.55 Å². The van der Waals surface area contributed by atoms with Gasteiger partial charge in [0.05, 0.1) is 41.9 Å². The van der Waals surface area contributed by atoms with Crippen LogP contribution in [-0.4, -0.2) is 38.7 Å². The summed E-state index contributed by atoms with van der Waals surface area (Å²) >= 11 is 0. The van der Waals surface area contributed by atoms with Crippen LogP contribution in [0.5, 0.6) is 5.75 Å². The minimum absolute atomic E-state index is 0.0443. The maximum Gasteiger partial charge on any atom is 0.343 e.